The first-order chi connectivity index (χ1) is 34.0. The number of Topliss-reactive ketones (excluding diaryl/α,β-unsaturated/α-hetero) is 2. The molecule has 2 unspecified atom stereocenters. The number of para-hydroxylation sites is 1. The topological polar surface area (TPSA) is 43.5 Å². The molecular weight excluding hydrogens is 841 g/mol. The lowest BCUT2D eigenvalue weighted by atomic mass is 9.67. The van der Waals surface area contributed by atoms with Crippen molar-refractivity contribution in [2.45, 2.75) is 107 Å². The van der Waals surface area contributed by atoms with Crippen LogP contribution in [0.5, 0.6) is 0 Å². The van der Waals surface area contributed by atoms with Gasteiger partial charge in [0.05, 0.1) is 33.3 Å². The van der Waals surface area contributed by atoms with Crippen molar-refractivity contribution in [1.82, 2.24) is 8.97 Å². The second-order valence-corrected chi connectivity index (χ2v) is 23.2. The van der Waals surface area contributed by atoms with Crippen LogP contribution in [0.3, 0.4) is 0 Å². The van der Waals surface area contributed by atoms with Gasteiger partial charge in [-0.1, -0.05) is 84.9 Å². The summed E-state index contributed by atoms with van der Waals surface area (Å²) in [4.78, 5) is 29.3. The zero-order valence-electron chi connectivity index (χ0n) is 39.1. The maximum absolute atomic E-state index is 14.7. The van der Waals surface area contributed by atoms with E-state index in [9.17, 15) is 9.59 Å². The molecule has 0 spiro atoms. The summed E-state index contributed by atoms with van der Waals surface area (Å²) >= 11 is 0. The molecule has 3 aromatic heterocycles. The molecule has 4 heteroatoms. The summed E-state index contributed by atoms with van der Waals surface area (Å²) in [6, 6.07) is 46.5. The second-order valence-electron chi connectivity index (χ2n) is 23.2. The van der Waals surface area contributed by atoms with Crippen LogP contribution in [0.25, 0.3) is 87.8 Å². The first kappa shape index (κ1) is 38.3. The molecule has 8 bridgehead atoms. The Morgan fingerprint density at radius 2 is 0.928 bits per heavy atom. The van der Waals surface area contributed by atoms with Crippen molar-refractivity contribution >= 4 is 71.5 Å². The predicted molar refractivity (Wildman–Crippen MR) is 280 cm³/mol. The van der Waals surface area contributed by atoms with Crippen LogP contribution in [0.15, 0.2) is 121 Å². The van der Waals surface area contributed by atoms with Gasteiger partial charge in [-0.15, -0.1) is 0 Å². The summed E-state index contributed by atoms with van der Waals surface area (Å²) in [6.07, 6.45) is 15.0. The molecule has 336 valence electrons. The number of carbonyl (C=O) groups is 2. The molecule has 10 aliphatic rings. The Kier molecular flexibility index (Phi) is 7.57. The van der Waals surface area contributed by atoms with Gasteiger partial charge in [-0.3, -0.25) is 9.59 Å². The van der Waals surface area contributed by atoms with E-state index in [2.05, 4.69) is 130 Å². The van der Waals surface area contributed by atoms with E-state index in [1.165, 1.54) is 120 Å². The molecule has 4 nitrogen and oxygen atoms in total. The molecule has 0 aliphatic heterocycles. The maximum atomic E-state index is 14.7. The SMILES string of the molecule is O=C1c2cc3c(cc2C2CCC1CC2)c1cc2c4c5c(ccc4n(-c4c(-c6ccccc6)cccc4-c4ccccc4)c2c2c4cc6c(cc4n3c12)C(=O)C1CCC6CC1)C1CC2CC(C1)CC5C2. The van der Waals surface area contributed by atoms with E-state index in [1.807, 2.05) is 0 Å². The lowest BCUT2D eigenvalue weighted by molar-refractivity contribution is 0.0891. The van der Waals surface area contributed by atoms with Gasteiger partial charge in [0.15, 0.2) is 11.6 Å². The summed E-state index contributed by atoms with van der Waals surface area (Å²) in [5, 5.41) is 7.90. The zero-order chi connectivity index (χ0) is 45.0. The van der Waals surface area contributed by atoms with Crippen molar-refractivity contribution in [3.8, 4) is 27.9 Å². The number of ketones is 2. The van der Waals surface area contributed by atoms with Gasteiger partial charge in [0.25, 0.3) is 0 Å². The highest BCUT2D eigenvalue weighted by molar-refractivity contribution is 6.35. The fraction of sp³-hybridized carbons (Fsp3) is 0.323. The molecule has 3 heterocycles. The Labute approximate surface area is 401 Å². The van der Waals surface area contributed by atoms with E-state index in [0.29, 0.717) is 35.2 Å². The fourth-order valence-corrected chi connectivity index (χ4v) is 17.1. The number of hydrogen-bond donors (Lipinski definition) is 0. The van der Waals surface area contributed by atoms with Crippen LogP contribution in [-0.2, 0) is 0 Å². The van der Waals surface area contributed by atoms with Gasteiger partial charge in [-0.05, 0) is 189 Å². The minimum Gasteiger partial charge on any atom is -0.308 e. The number of rotatable bonds is 3. The molecule has 0 amide bonds. The summed E-state index contributed by atoms with van der Waals surface area (Å²) < 4.78 is 5.26. The van der Waals surface area contributed by atoms with E-state index in [-0.39, 0.29) is 11.8 Å². The van der Waals surface area contributed by atoms with Crippen LogP contribution < -0.4 is 0 Å². The number of aromatic nitrogens is 2. The molecule has 4 fully saturated rings. The first-order valence-corrected chi connectivity index (χ1v) is 26.7. The third-order valence-electron chi connectivity index (χ3n) is 19.9. The highest BCUT2D eigenvalue weighted by Crippen LogP contribution is 2.60. The molecule has 69 heavy (non-hydrogen) atoms. The van der Waals surface area contributed by atoms with Crippen LogP contribution in [0.2, 0.25) is 0 Å². The van der Waals surface area contributed by atoms with Crippen molar-refractivity contribution < 1.29 is 9.59 Å². The molecule has 20 rings (SSSR count). The number of benzene rings is 7. The number of hydrogen-bond acceptors (Lipinski definition) is 2. The lowest BCUT2D eigenvalue weighted by Crippen LogP contribution is -2.25. The molecule has 7 aromatic carbocycles. The van der Waals surface area contributed by atoms with Gasteiger partial charge < -0.3 is 8.97 Å². The van der Waals surface area contributed by atoms with E-state index in [1.54, 1.807) is 11.1 Å². The molecule has 0 N–H and O–H groups in total. The Hall–Kier alpha value is -6.52. The van der Waals surface area contributed by atoms with Crippen LogP contribution >= 0.6 is 0 Å². The number of nitrogens with zero attached hydrogens (tertiary/aromatic N) is 2. The summed E-state index contributed by atoms with van der Waals surface area (Å²) in [5.74, 6) is 4.49. The normalized spacial score (nSPS) is 26.7. The molecule has 2 atom stereocenters. The highest BCUT2D eigenvalue weighted by Gasteiger charge is 2.44. The smallest absolute Gasteiger partial charge is 0.166 e. The van der Waals surface area contributed by atoms with E-state index >= 15 is 0 Å². The van der Waals surface area contributed by atoms with E-state index < -0.39 is 0 Å². The minimum atomic E-state index is 0.107. The van der Waals surface area contributed by atoms with Crippen molar-refractivity contribution in [2.24, 2.45) is 23.7 Å². The lowest BCUT2D eigenvalue weighted by Gasteiger charge is -2.38. The quantitative estimate of drug-likeness (QED) is 0.177. The fourth-order valence-electron chi connectivity index (χ4n) is 17.1. The average Bonchev–Trinajstić information content (AvgIpc) is 3.83. The van der Waals surface area contributed by atoms with Gasteiger partial charge in [0.1, 0.15) is 0 Å². The van der Waals surface area contributed by atoms with Gasteiger partial charge in [0.2, 0.25) is 0 Å². The monoisotopic (exact) mass is 894 g/mol. The van der Waals surface area contributed by atoms with Crippen LogP contribution in [-0.4, -0.2) is 20.5 Å². The second kappa shape index (κ2) is 13.6. The van der Waals surface area contributed by atoms with Gasteiger partial charge >= 0.3 is 0 Å². The standard InChI is InChI=1S/C65H54N2O2/c68-64-40-18-14-38(15-19-40)47-29-49-50-31-54-59-55(23-22-44-42-25-34-24-35(26-42)28-43(27-34)58(44)59)67(61-45(36-8-3-1-4-9-36)12-7-13-46(61)37-10-5-2-6-11-37)63(54)60-53-30-48-39-16-20-41(21-17-39)65(69)52(48)33-57(53)66(62(50)60)56(49)32-51(47)64/h1-13,22-23,29-35,38-43H,14-21,24-28H2. The Morgan fingerprint density at radius 3 is 1.54 bits per heavy atom. The highest BCUT2D eigenvalue weighted by atomic mass is 16.1. The summed E-state index contributed by atoms with van der Waals surface area (Å²) in [5.41, 5.74) is 19.8. The van der Waals surface area contributed by atoms with Gasteiger partial charge in [-0.2, -0.15) is 0 Å². The third-order valence-corrected chi connectivity index (χ3v) is 19.9. The Morgan fingerprint density at radius 1 is 0.377 bits per heavy atom. The Bertz CT molecular complexity index is 3840. The van der Waals surface area contributed by atoms with Crippen molar-refractivity contribution in [3.63, 3.8) is 0 Å². The number of carbonyl (C=O) groups excluding carboxylic acids is 2. The molecule has 10 aromatic rings. The van der Waals surface area contributed by atoms with Gasteiger partial charge in [0, 0.05) is 66.4 Å². The predicted octanol–water partition coefficient (Wildman–Crippen LogP) is 16.6. The summed E-state index contributed by atoms with van der Waals surface area (Å²) in [6.45, 7) is 0. The average molecular weight is 895 g/mol. The van der Waals surface area contributed by atoms with Crippen molar-refractivity contribution in [1.29, 1.82) is 0 Å². The largest absolute Gasteiger partial charge is 0.308 e. The van der Waals surface area contributed by atoms with Crippen molar-refractivity contribution in [2.75, 3.05) is 0 Å². The molecular formula is C65H54N2O2. The first-order valence-electron chi connectivity index (χ1n) is 26.7. The number of fused-ring (bicyclic) bond motifs is 14. The van der Waals surface area contributed by atoms with Gasteiger partial charge in [-0.25, -0.2) is 0 Å². The van der Waals surface area contributed by atoms with Crippen LogP contribution in [0.1, 0.15) is 150 Å². The van der Waals surface area contributed by atoms with E-state index in [0.717, 1.165) is 85.4 Å². The van der Waals surface area contributed by atoms with Crippen molar-refractivity contribution in [3.05, 3.63) is 155 Å². The third kappa shape index (κ3) is 5.00. The molecule has 4 saturated carbocycles. The van der Waals surface area contributed by atoms with Crippen LogP contribution in [0.4, 0.5) is 0 Å². The molecule has 0 saturated heterocycles. The molecule has 0 radical (unpaired) electrons. The van der Waals surface area contributed by atoms with E-state index in [4.69, 9.17) is 0 Å². The minimum absolute atomic E-state index is 0.107. The summed E-state index contributed by atoms with van der Waals surface area (Å²) in [7, 11) is 0. The molecule has 10 aliphatic carbocycles. The zero-order valence-corrected chi connectivity index (χ0v) is 39.1. The van der Waals surface area contributed by atoms with Crippen LogP contribution in [0, 0.1) is 23.7 Å². The Balaban J connectivity index is 1.12. The maximum Gasteiger partial charge on any atom is 0.166 e.